The number of likely N-dealkylation sites (N-methyl/N-ethyl adjacent to an activating group) is 1. The van der Waals surface area contributed by atoms with Crippen LogP contribution in [0.4, 0.5) is 0 Å². The molecule has 0 unspecified atom stereocenters. The first-order valence-corrected chi connectivity index (χ1v) is 7.24. The van der Waals surface area contributed by atoms with Gasteiger partial charge in [-0.15, -0.1) is 0 Å². The van der Waals surface area contributed by atoms with Crippen LogP contribution in [0.2, 0.25) is 0 Å². The van der Waals surface area contributed by atoms with E-state index in [1.807, 2.05) is 14.0 Å². The highest BCUT2D eigenvalue weighted by atomic mass is 32.2. The second kappa shape index (κ2) is 5.65. The van der Waals surface area contributed by atoms with Crippen LogP contribution in [-0.4, -0.2) is 26.9 Å². The van der Waals surface area contributed by atoms with Gasteiger partial charge in [-0.25, -0.2) is 13.6 Å². The molecule has 2 N–H and O–H groups in total. The number of benzene rings is 1. The molecule has 0 fully saturated rings. The zero-order chi connectivity index (χ0) is 13.9. The summed E-state index contributed by atoms with van der Waals surface area (Å²) < 4.78 is 22.3. The van der Waals surface area contributed by atoms with E-state index >= 15 is 0 Å². The lowest BCUT2D eigenvalue weighted by Gasteiger charge is -2.25. The van der Waals surface area contributed by atoms with E-state index in [0.29, 0.717) is 0 Å². The second-order valence-corrected chi connectivity index (χ2v) is 6.22. The smallest absolute Gasteiger partial charge is 0.238 e. The quantitative estimate of drug-likeness (QED) is 0.830. The Morgan fingerprint density at radius 1 is 1.39 bits per heavy atom. The predicted octanol–water partition coefficient (Wildman–Crippen LogP) is 1.90. The molecule has 0 aliphatic rings. The molecule has 5 heteroatoms. The van der Waals surface area contributed by atoms with Crippen LogP contribution in [0.3, 0.4) is 0 Å². The molecule has 4 nitrogen and oxygen atoms in total. The molecule has 18 heavy (non-hydrogen) atoms. The number of sulfonamides is 1. The van der Waals surface area contributed by atoms with Crippen molar-refractivity contribution >= 4 is 10.0 Å². The minimum atomic E-state index is -3.61. The fourth-order valence-electron chi connectivity index (χ4n) is 1.75. The van der Waals surface area contributed by atoms with E-state index in [0.717, 1.165) is 17.7 Å². The van der Waals surface area contributed by atoms with Crippen LogP contribution in [0.1, 0.15) is 25.5 Å². The lowest BCUT2D eigenvalue weighted by Crippen LogP contribution is -2.24. The first-order valence-electron chi connectivity index (χ1n) is 5.69. The van der Waals surface area contributed by atoms with Gasteiger partial charge in [0.1, 0.15) is 0 Å². The molecule has 0 spiro atoms. The maximum Gasteiger partial charge on any atom is 0.238 e. The van der Waals surface area contributed by atoms with Crippen LogP contribution in [0.15, 0.2) is 41.3 Å². The van der Waals surface area contributed by atoms with Crippen LogP contribution < -0.4 is 5.14 Å². The van der Waals surface area contributed by atoms with Crippen LogP contribution in [0, 0.1) is 0 Å². The number of hydrogen-bond acceptors (Lipinski definition) is 3. The molecule has 100 valence electrons. The molecule has 0 radical (unpaired) electrons. The Hall–Kier alpha value is -1.17. The Labute approximate surface area is 109 Å². The molecule has 0 bridgehead atoms. The average Bonchev–Trinajstić information content (AvgIpc) is 2.26. The third-order valence-corrected chi connectivity index (χ3v) is 3.80. The summed E-state index contributed by atoms with van der Waals surface area (Å²) in [5.74, 6) is 0. The van der Waals surface area contributed by atoms with E-state index in [-0.39, 0.29) is 10.9 Å². The van der Waals surface area contributed by atoms with Crippen molar-refractivity contribution in [1.82, 2.24) is 4.90 Å². The molecule has 1 rings (SSSR count). The van der Waals surface area contributed by atoms with E-state index in [4.69, 9.17) is 5.14 Å². The molecule has 1 aromatic carbocycles. The summed E-state index contributed by atoms with van der Waals surface area (Å²) in [7, 11) is -1.61. The zero-order valence-corrected chi connectivity index (χ0v) is 11.9. The van der Waals surface area contributed by atoms with Crippen LogP contribution in [0.25, 0.3) is 0 Å². The minimum Gasteiger partial charge on any atom is -0.296 e. The summed E-state index contributed by atoms with van der Waals surface area (Å²) in [5, 5.41) is 5.06. The van der Waals surface area contributed by atoms with Gasteiger partial charge in [-0.2, -0.15) is 0 Å². The van der Waals surface area contributed by atoms with Gasteiger partial charge >= 0.3 is 0 Å². The van der Waals surface area contributed by atoms with Crippen molar-refractivity contribution in [3.8, 4) is 0 Å². The normalized spacial score (nSPS) is 13.6. The van der Waals surface area contributed by atoms with Gasteiger partial charge in [0, 0.05) is 12.6 Å². The summed E-state index contributed by atoms with van der Waals surface area (Å²) in [5.41, 5.74) is 2.14. The van der Waals surface area contributed by atoms with Crippen molar-refractivity contribution in [2.24, 2.45) is 5.14 Å². The third kappa shape index (κ3) is 3.94. The Bertz CT molecular complexity index is 520. The van der Waals surface area contributed by atoms with Crippen molar-refractivity contribution in [2.75, 3.05) is 13.6 Å². The molecule has 0 amide bonds. The van der Waals surface area contributed by atoms with E-state index in [9.17, 15) is 8.42 Å². The van der Waals surface area contributed by atoms with Gasteiger partial charge in [-0.3, -0.25) is 4.90 Å². The maximum absolute atomic E-state index is 11.1. The van der Waals surface area contributed by atoms with Gasteiger partial charge in [-0.1, -0.05) is 24.3 Å². The van der Waals surface area contributed by atoms with Gasteiger partial charge < -0.3 is 0 Å². The summed E-state index contributed by atoms with van der Waals surface area (Å²) in [4.78, 5) is 2.29. The third-order valence-electron chi connectivity index (χ3n) is 2.87. The molecule has 0 aromatic heterocycles. The van der Waals surface area contributed by atoms with E-state index < -0.39 is 10.0 Å². The van der Waals surface area contributed by atoms with Crippen molar-refractivity contribution < 1.29 is 8.42 Å². The fourth-order valence-corrected chi connectivity index (χ4v) is 2.27. The molecular weight excluding hydrogens is 248 g/mol. The summed E-state index contributed by atoms with van der Waals surface area (Å²) in [6.07, 6.45) is 0. The van der Waals surface area contributed by atoms with Crippen molar-refractivity contribution in [2.45, 2.75) is 24.8 Å². The first kappa shape index (κ1) is 14.9. The first-order chi connectivity index (χ1) is 8.21. The van der Waals surface area contributed by atoms with Gasteiger partial charge in [-0.05, 0) is 38.6 Å². The molecule has 0 aliphatic heterocycles. The largest absolute Gasteiger partial charge is 0.296 e. The molecule has 0 heterocycles. The van der Waals surface area contributed by atoms with Crippen molar-refractivity contribution in [3.63, 3.8) is 0 Å². The van der Waals surface area contributed by atoms with Gasteiger partial charge in [0.05, 0.1) is 4.90 Å². The molecule has 1 atom stereocenters. The fraction of sp³-hybridized carbons (Fsp3) is 0.385. The highest BCUT2D eigenvalue weighted by molar-refractivity contribution is 7.89. The second-order valence-electron chi connectivity index (χ2n) is 4.66. The average molecular weight is 268 g/mol. The Morgan fingerprint density at radius 2 is 1.89 bits per heavy atom. The molecular formula is C13H20N2O2S. The Kier molecular flexibility index (Phi) is 4.67. The van der Waals surface area contributed by atoms with Gasteiger partial charge in [0.2, 0.25) is 10.0 Å². The van der Waals surface area contributed by atoms with Crippen molar-refractivity contribution in [3.05, 3.63) is 42.0 Å². The maximum atomic E-state index is 11.1. The summed E-state index contributed by atoms with van der Waals surface area (Å²) >= 11 is 0. The van der Waals surface area contributed by atoms with Crippen LogP contribution in [0.5, 0.6) is 0 Å². The van der Waals surface area contributed by atoms with Crippen LogP contribution in [-0.2, 0) is 10.0 Å². The number of rotatable bonds is 5. The number of primary sulfonamides is 1. The monoisotopic (exact) mass is 268 g/mol. The number of nitrogens with zero attached hydrogens (tertiary/aromatic N) is 1. The molecule has 0 saturated heterocycles. The molecule has 0 saturated carbocycles. The van der Waals surface area contributed by atoms with E-state index in [1.165, 1.54) is 12.1 Å². The van der Waals surface area contributed by atoms with E-state index in [2.05, 4.69) is 18.4 Å². The Balaban J connectivity index is 2.88. The van der Waals surface area contributed by atoms with Gasteiger partial charge in [0.25, 0.3) is 0 Å². The minimum absolute atomic E-state index is 0.140. The molecule has 1 aromatic rings. The zero-order valence-electron chi connectivity index (χ0n) is 11.1. The lowest BCUT2D eigenvalue weighted by molar-refractivity contribution is 0.284. The summed E-state index contributed by atoms with van der Waals surface area (Å²) in [6.45, 7) is 8.73. The summed E-state index contributed by atoms with van der Waals surface area (Å²) in [6, 6.07) is 6.85. The predicted molar refractivity (Wildman–Crippen MR) is 73.7 cm³/mol. The number of hydrogen-bond donors (Lipinski definition) is 1. The standard InChI is InChI=1S/C13H20N2O2S/c1-10(2)9-15(4)11(3)12-5-7-13(8-6-12)18(14,16)17/h5-8,11H,1,9H2,2-4H3,(H2,14,16,17)/t11-/m1/s1. The highest BCUT2D eigenvalue weighted by Crippen LogP contribution is 2.20. The SMILES string of the molecule is C=C(C)CN(C)[C@H](C)c1ccc(S(N)(=O)=O)cc1. The van der Waals surface area contributed by atoms with E-state index in [1.54, 1.807) is 12.1 Å². The molecule has 0 aliphatic carbocycles. The number of nitrogens with two attached hydrogens (primary N) is 1. The van der Waals surface area contributed by atoms with Crippen molar-refractivity contribution in [1.29, 1.82) is 0 Å². The highest BCUT2D eigenvalue weighted by Gasteiger charge is 2.13. The topological polar surface area (TPSA) is 63.4 Å². The van der Waals surface area contributed by atoms with Gasteiger partial charge in [0.15, 0.2) is 0 Å². The lowest BCUT2D eigenvalue weighted by atomic mass is 10.1. The van der Waals surface area contributed by atoms with Crippen LogP contribution >= 0.6 is 0 Å². The Morgan fingerprint density at radius 3 is 2.28 bits per heavy atom.